The first kappa shape index (κ1) is 16.7. The van der Waals surface area contributed by atoms with Crippen molar-refractivity contribution >= 4 is 38.3 Å². The van der Waals surface area contributed by atoms with Crippen molar-refractivity contribution in [1.29, 1.82) is 0 Å². The zero-order valence-electron chi connectivity index (χ0n) is 13.1. The van der Waals surface area contributed by atoms with Crippen molar-refractivity contribution in [2.24, 2.45) is 0 Å². The van der Waals surface area contributed by atoms with Crippen molar-refractivity contribution < 1.29 is 8.42 Å². The van der Waals surface area contributed by atoms with Crippen molar-refractivity contribution in [2.75, 3.05) is 17.9 Å². The first-order chi connectivity index (χ1) is 11.0. The third-order valence-corrected chi connectivity index (χ3v) is 6.61. The Kier molecular flexibility index (Phi) is 4.66. The maximum atomic E-state index is 13.1. The van der Waals surface area contributed by atoms with Crippen molar-refractivity contribution in [3.05, 3.63) is 57.2 Å². The Labute approximate surface area is 151 Å². The number of hydrogen-bond donors (Lipinski definition) is 1. The number of nitrogens with one attached hydrogen (secondary N) is 1. The molecule has 0 amide bonds. The van der Waals surface area contributed by atoms with Crippen LogP contribution in [0.2, 0.25) is 0 Å². The van der Waals surface area contributed by atoms with Gasteiger partial charge in [-0.25, -0.2) is 8.42 Å². The second-order valence-electron chi connectivity index (χ2n) is 5.60. The summed E-state index contributed by atoms with van der Waals surface area (Å²) in [5, 5.41) is 3.51. The zero-order valence-corrected chi connectivity index (χ0v) is 16.1. The molecule has 23 heavy (non-hydrogen) atoms. The van der Waals surface area contributed by atoms with Gasteiger partial charge in [-0.3, -0.25) is 4.31 Å². The van der Waals surface area contributed by atoms with E-state index < -0.39 is 10.0 Å². The van der Waals surface area contributed by atoms with E-state index in [0.29, 0.717) is 4.90 Å². The van der Waals surface area contributed by atoms with Gasteiger partial charge in [-0.05, 0) is 64.9 Å². The van der Waals surface area contributed by atoms with Crippen LogP contribution < -0.4 is 9.62 Å². The number of anilines is 1. The monoisotopic (exact) mass is 442 g/mol. The molecule has 2 aromatic rings. The summed E-state index contributed by atoms with van der Waals surface area (Å²) in [6.07, 6.45) is 0.987. The average molecular weight is 442 g/mol. The van der Waals surface area contributed by atoms with Crippen LogP contribution in [0.4, 0.5) is 5.69 Å². The van der Waals surface area contributed by atoms with E-state index in [2.05, 4.69) is 34.8 Å². The van der Waals surface area contributed by atoms with Gasteiger partial charge in [-0.2, -0.15) is 0 Å². The topological polar surface area (TPSA) is 49.4 Å². The highest BCUT2D eigenvalue weighted by Gasteiger charge is 2.34. The molecule has 0 saturated heterocycles. The Bertz CT molecular complexity index is 836. The quantitative estimate of drug-likeness (QED) is 0.741. The van der Waals surface area contributed by atoms with E-state index in [1.54, 1.807) is 13.1 Å². The van der Waals surface area contributed by atoms with Crippen LogP contribution in [0.1, 0.15) is 30.5 Å². The first-order valence-electron chi connectivity index (χ1n) is 7.57. The van der Waals surface area contributed by atoms with Crippen LogP contribution in [0.3, 0.4) is 0 Å². The molecule has 0 fully saturated rings. The Hall–Kier alpha value is -1.12. The molecule has 0 aromatic heterocycles. The number of para-hydroxylation sites is 1. The van der Waals surface area contributed by atoms with Gasteiger partial charge in [0, 0.05) is 10.6 Å². The number of halogens is 1. The molecule has 2 aromatic carbocycles. The summed E-state index contributed by atoms with van der Waals surface area (Å²) in [6.45, 7) is 2.93. The lowest BCUT2D eigenvalue weighted by atomic mass is 9.97. The SMILES string of the molecule is CCCNC1c2ccccc2N(C)S(=O)(=O)c2cc(I)ccc21. The van der Waals surface area contributed by atoms with Crippen LogP contribution in [0.15, 0.2) is 47.4 Å². The molecule has 0 radical (unpaired) electrons. The van der Waals surface area contributed by atoms with Crippen LogP contribution in [0, 0.1) is 3.57 Å². The Morgan fingerprint density at radius 1 is 1.17 bits per heavy atom. The Morgan fingerprint density at radius 2 is 1.91 bits per heavy atom. The van der Waals surface area contributed by atoms with Gasteiger partial charge < -0.3 is 5.32 Å². The van der Waals surface area contributed by atoms with E-state index in [1.807, 2.05) is 36.4 Å². The van der Waals surface area contributed by atoms with E-state index in [9.17, 15) is 8.42 Å². The van der Waals surface area contributed by atoms with Crippen molar-refractivity contribution in [3.63, 3.8) is 0 Å². The van der Waals surface area contributed by atoms with Gasteiger partial charge >= 0.3 is 0 Å². The fraction of sp³-hybridized carbons (Fsp3) is 0.294. The van der Waals surface area contributed by atoms with Crippen molar-refractivity contribution in [1.82, 2.24) is 5.32 Å². The predicted octanol–water partition coefficient (Wildman–Crippen LogP) is 3.52. The van der Waals surface area contributed by atoms with Gasteiger partial charge in [0.2, 0.25) is 0 Å². The van der Waals surface area contributed by atoms with Gasteiger partial charge in [-0.1, -0.05) is 31.2 Å². The number of sulfonamides is 1. The Morgan fingerprint density at radius 3 is 2.65 bits per heavy atom. The fourth-order valence-electron chi connectivity index (χ4n) is 2.94. The summed E-state index contributed by atoms with van der Waals surface area (Å²) in [5.41, 5.74) is 2.54. The molecule has 1 aliphatic rings. The number of benzene rings is 2. The lowest BCUT2D eigenvalue weighted by molar-refractivity contribution is 0.582. The Balaban J connectivity index is 2.32. The van der Waals surface area contributed by atoms with Gasteiger partial charge in [0.15, 0.2) is 0 Å². The molecule has 1 aliphatic heterocycles. The third-order valence-electron chi connectivity index (χ3n) is 4.11. The van der Waals surface area contributed by atoms with E-state index in [0.717, 1.165) is 33.4 Å². The van der Waals surface area contributed by atoms with Gasteiger partial charge in [0.05, 0.1) is 16.6 Å². The lowest BCUT2D eigenvalue weighted by Crippen LogP contribution is -2.26. The van der Waals surface area contributed by atoms with Crippen LogP contribution in [-0.4, -0.2) is 22.0 Å². The minimum Gasteiger partial charge on any atom is -0.306 e. The highest BCUT2D eigenvalue weighted by atomic mass is 127. The smallest absolute Gasteiger partial charge is 0.264 e. The molecule has 1 atom stereocenters. The van der Waals surface area contributed by atoms with Gasteiger partial charge in [-0.15, -0.1) is 0 Å². The molecule has 6 heteroatoms. The van der Waals surface area contributed by atoms with E-state index in [1.165, 1.54) is 4.31 Å². The number of fused-ring (bicyclic) bond motifs is 2. The van der Waals surface area contributed by atoms with E-state index in [-0.39, 0.29) is 6.04 Å². The normalized spacial score (nSPS) is 18.9. The lowest BCUT2D eigenvalue weighted by Gasteiger charge is -2.21. The molecule has 0 spiro atoms. The molecular formula is C17H19IN2O2S. The maximum Gasteiger partial charge on any atom is 0.264 e. The van der Waals surface area contributed by atoms with E-state index in [4.69, 9.17) is 0 Å². The minimum atomic E-state index is -3.56. The highest BCUT2D eigenvalue weighted by Crippen LogP contribution is 2.40. The summed E-state index contributed by atoms with van der Waals surface area (Å²) < 4.78 is 28.4. The number of hydrogen-bond acceptors (Lipinski definition) is 3. The first-order valence-corrected chi connectivity index (χ1v) is 10.1. The summed E-state index contributed by atoms with van der Waals surface area (Å²) >= 11 is 2.15. The third kappa shape index (κ3) is 2.88. The standard InChI is InChI=1S/C17H19IN2O2S/c1-3-10-19-17-13-6-4-5-7-15(13)20(2)23(21,22)16-11-12(18)8-9-14(16)17/h4-9,11,17,19H,3,10H2,1-2H3. The molecular weight excluding hydrogens is 423 g/mol. The molecule has 1 N–H and O–H groups in total. The molecule has 0 saturated carbocycles. The van der Waals surface area contributed by atoms with Crippen LogP contribution >= 0.6 is 22.6 Å². The molecule has 1 unspecified atom stereocenters. The van der Waals surface area contributed by atoms with Gasteiger partial charge in [0.25, 0.3) is 10.0 Å². The van der Waals surface area contributed by atoms with Crippen LogP contribution in [-0.2, 0) is 10.0 Å². The summed E-state index contributed by atoms with van der Waals surface area (Å²) in [4.78, 5) is 0.386. The molecule has 1 heterocycles. The molecule has 0 aliphatic carbocycles. The molecule has 122 valence electrons. The predicted molar refractivity (Wildman–Crippen MR) is 101 cm³/mol. The molecule has 3 rings (SSSR count). The van der Waals surface area contributed by atoms with Crippen LogP contribution in [0.5, 0.6) is 0 Å². The van der Waals surface area contributed by atoms with Crippen molar-refractivity contribution in [3.8, 4) is 0 Å². The largest absolute Gasteiger partial charge is 0.306 e. The van der Waals surface area contributed by atoms with Gasteiger partial charge in [0.1, 0.15) is 0 Å². The van der Waals surface area contributed by atoms with Crippen molar-refractivity contribution in [2.45, 2.75) is 24.3 Å². The summed E-state index contributed by atoms with van der Waals surface area (Å²) in [6, 6.07) is 13.2. The second kappa shape index (κ2) is 6.41. The number of rotatable bonds is 3. The second-order valence-corrected chi connectivity index (χ2v) is 8.78. The fourth-order valence-corrected chi connectivity index (χ4v) is 5.12. The number of nitrogens with zero attached hydrogens (tertiary/aromatic N) is 1. The molecule has 4 nitrogen and oxygen atoms in total. The zero-order chi connectivity index (χ0) is 16.6. The average Bonchev–Trinajstić information content (AvgIpc) is 2.61. The minimum absolute atomic E-state index is 0.127. The molecule has 0 bridgehead atoms. The maximum absolute atomic E-state index is 13.1. The summed E-state index contributed by atoms with van der Waals surface area (Å²) in [7, 11) is -1.94. The summed E-state index contributed by atoms with van der Waals surface area (Å²) in [5.74, 6) is 0. The highest BCUT2D eigenvalue weighted by molar-refractivity contribution is 14.1. The van der Waals surface area contributed by atoms with Crippen LogP contribution in [0.25, 0.3) is 0 Å². The van der Waals surface area contributed by atoms with E-state index >= 15 is 0 Å².